The highest BCUT2D eigenvalue weighted by molar-refractivity contribution is 8.00. The van der Waals surface area contributed by atoms with E-state index in [4.69, 9.17) is 21.1 Å². The van der Waals surface area contributed by atoms with Gasteiger partial charge in [0.1, 0.15) is 40.5 Å². The van der Waals surface area contributed by atoms with Crippen LogP contribution in [0.25, 0.3) is 10.4 Å². The summed E-state index contributed by atoms with van der Waals surface area (Å²) in [6, 6.07) is 11.6. The number of ether oxygens (including phenoxy) is 2. The number of hydrogen-bond acceptors (Lipinski definition) is 14. The van der Waals surface area contributed by atoms with Gasteiger partial charge in [0, 0.05) is 57.0 Å². The van der Waals surface area contributed by atoms with E-state index in [2.05, 4.69) is 41.1 Å². The van der Waals surface area contributed by atoms with Gasteiger partial charge < -0.3 is 45.6 Å². The average Bonchev–Trinajstić information content (AvgIpc) is 3.76. The number of aryl methyl sites for hydroxylation is 1. The molecular formula is C50H65ClFN9O6S2. The molecule has 0 bridgehead atoms. The molecule has 0 spiro atoms. The van der Waals surface area contributed by atoms with Crippen molar-refractivity contribution in [1.29, 1.82) is 0 Å². The fourth-order valence-corrected chi connectivity index (χ4v) is 11.9. The van der Waals surface area contributed by atoms with Crippen LogP contribution in [0.3, 0.4) is 0 Å². The second-order valence-corrected chi connectivity index (χ2v) is 22.4. The molecule has 2 saturated heterocycles. The molecule has 4 fully saturated rings. The number of amides is 3. The SMILES string of the molecule is CNc1nc(Nc2ccc(OC3CCN(CC4CCC(CSC(C)(C)C(NC(=O)C5(F)CC5)C(=O)N5C[C@H](O)C[C@H]5C(=O)NCc5ccc(-c6scnc6C)cc5)CC4)CC3)cc2OC)ncc1Cl. The van der Waals surface area contributed by atoms with Gasteiger partial charge in [0.15, 0.2) is 5.67 Å². The number of aliphatic hydroxyl groups excluding tert-OH is 1. The first kappa shape index (κ1) is 50.6. The first-order chi connectivity index (χ1) is 33.1. The van der Waals surface area contributed by atoms with Crippen LogP contribution >= 0.6 is 34.7 Å². The number of hydrogen-bond donors (Lipinski definition) is 5. The molecule has 4 aromatic rings. The van der Waals surface area contributed by atoms with E-state index in [9.17, 15) is 19.5 Å². The van der Waals surface area contributed by atoms with Crippen molar-refractivity contribution >= 4 is 69.9 Å². The number of aromatic nitrogens is 3. The molecule has 2 aliphatic heterocycles. The minimum atomic E-state index is -1.98. The predicted molar refractivity (Wildman–Crippen MR) is 270 cm³/mol. The molecule has 19 heteroatoms. The Bertz CT molecular complexity index is 2430. The number of β-amino-alcohol motifs (C(OH)–C–C–N with tert-alkyl or cyclic N) is 1. The topological polar surface area (TPSA) is 183 Å². The van der Waals surface area contributed by atoms with Gasteiger partial charge in [-0.1, -0.05) is 35.9 Å². The summed E-state index contributed by atoms with van der Waals surface area (Å²) < 4.78 is 26.4. The van der Waals surface area contributed by atoms with E-state index in [1.54, 1.807) is 37.3 Å². The molecule has 2 aromatic heterocycles. The molecule has 8 rings (SSSR count). The van der Waals surface area contributed by atoms with Crippen LogP contribution in [-0.4, -0.2) is 128 Å². The fraction of sp³-hybridized carbons (Fsp3) is 0.560. The molecule has 15 nitrogen and oxygen atoms in total. The van der Waals surface area contributed by atoms with Crippen LogP contribution in [0.4, 0.5) is 21.8 Å². The van der Waals surface area contributed by atoms with Crippen molar-refractivity contribution in [3.63, 3.8) is 0 Å². The van der Waals surface area contributed by atoms with Crippen molar-refractivity contribution in [3.8, 4) is 21.9 Å². The smallest absolute Gasteiger partial charge is 0.258 e. The number of anilines is 3. The van der Waals surface area contributed by atoms with E-state index in [0.717, 1.165) is 91.4 Å². The van der Waals surface area contributed by atoms with Crippen LogP contribution in [0.15, 0.2) is 54.2 Å². The summed E-state index contributed by atoms with van der Waals surface area (Å²) in [6.07, 6.45) is 7.25. The Kier molecular flexibility index (Phi) is 16.2. The third-order valence-corrected chi connectivity index (χ3v) is 16.9. The van der Waals surface area contributed by atoms with Crippen molar-refractivity contribution in [1.82, 2.24) is 35.4 Å². The molecule has 4 heterocycles. The van der Waals surface area contributed by atoms with Crippen molar-refractivity contribution < 1.29 is 33.4 Å². The molecule has 3 atom stereocenters. The second kappa shape index (κ2) is 22.1. The van der Waals surface area contributed by atoms with Gasteiger partial charge in [-0.15, -0.1) is 11.3 Å². The number of piperidine rings is 1. The Balaban J connectivity index is 0.799. The van der Waals surface area contributed by atoms with Gasteiger partial charge in [0.2, 0.25) is 17.8 Å². The number of rotatable bonds is 19. The summed E-state index contributed by atoms with van der Waals surface area (Å²) in [4.78, 5) is 59.5. The summed E-state index contributed by atoms with van der Waals surface area (Å²) in [5, 5.41) is 23.1. The number of methoxy groups -OCH3 is 1. The summed E-state index contributed by atoms with van der Waals surface area (Å²) in [5.74, 6) is 2.43. The van der Waals surface area contributed by atoms with Gasteiger partial charge in [-0.3, -0.25) is 14.4 Å². The molecule has 0 radical (unpaired) electrons. The predicted octanol–water partition coefficient (Wildman–Crippen LogP) is 7.78. The van der Waals surface area contributed by atoms with E-state index in [0.29, 0.717) is 40.1 Å². The van der Waals surface area contributed by atoms with Crippen LogP contribution < -0.4 is 30.7 Å². The number of carbonyl (C=O) groups is 3. The standard InChI is InChI=1S/C50H65ClFN9O6S2/c1-30-42(68-29-56-30)34-12-10-31(11-13-34)24-54-45(63)40-22-35(62)27-61(40)46(64)43(58-47(65)50(52)18-19-50)49(2,3)69-28-33-8-6-32(7-9-33)26-60-20-16-36(17-21-60)67-37-14-15-39(41(23-37)66-5)57-48-55-25-38(51)44(53-4)59-48/h10-15,23,25,29,32-33,35-36,40,43,62H,6-9,16-22,24,26-28H2,1-5H3,(H,54,63)(H,58,65)(H2,53,55,57,59)/t32?,33?,35-,40+,43?/m1/s1. The monoisotopic (exact) mass is 1010 g/mol. The maximum absolute atomic E-state index is 15.2. The molecule has 2 saturated carbocycles. The number of nitrogens with zero attached hydrogens (tertiary/aromatic N) is 5. The number of carbonyl (C=O) groups excluding carboxylic acids is 3. The van der Waals surface area contributed by atoms with E-state index in [1.807, 2.05) is 68.7 Å². The van der Waals surface area contributed by atoms with Crippen molar-refractivity contribution in [2.45, 2.75) is 120 Å². The van der Waals surface area contributed by atoms with E-state index in [1.165, 1.54) is 11.1 Å². The molecule has 69 heavy (non-hydrogen) atoms. The zero-order valence-electron chi connectivity index (χ0n) is 40.1. The van der Waals surface area contributed by atoms with Crippen LogP contribution in [0.2, 0.25) is 5.02 Å². The van der Waals surface area contributed by atoms with Crippen molar-refractivity contribution in [2.24, 2.45) is 11.8 Å². The summed E-state index contributed by atoms with van der Waals surface area (Å²) in [6.45, 7) is 8.97. The number of halogens is 2. The third kappa shape index (κ3) is 12.6. The second-order valence-electron chi connectivity index (χ2n) is 19.5. The lowest BCUT2D eigenvalue weighted by Gasteiger charge is -2.39. The molecular weight excluding hydrogens is 941 g/mol. The summed E-state index contributed by atoms with van der Waals surface area (Å²) in [5.41, 5.74) is 3.43. The van der Waals surface area contributed by atoms with Crippen LogP contribution in [0, 0.1) is 18.8 Å². The van der Waals surface area contributed by atoms with Crippen molar-refractivity contribution in [3.05, 3.63) is 70.5 Å². The molecule has 372 valence electrons. The molecule has 1 unspecified atom stereocenters. The van der Waals surface area contributed by atoms with Gasteiger partial charge >= 0.3 is 0 Å². The lowest BCUT2D eigenvalue weighted by atomic mass is 9.82. The lowest BCUT2D eigenvalue weighted by molar-refractivity contribution is -0.143. The Morgan fingerprint density at radius 3 is 2.43 bits per heavy atom. The van der Waals surface area contributed by atoms with Crippen molar-refractivity contribution in [2.75, 3.05) is 56.7 Å². The normalized spacial score (nSPS) is 22.1. The largest absolute Gasteiger partial charge is 0.494 e. The number of thiazole rings is 1. The van der Waals surface area contributed by atoms with Crippen LogP contribution in [-0.2, 0) is 20.9 Å². The van der Waals surface area contributed by atoms with Gasteiger partial charge in [-0.05, 0) is 113 Å². The fourth-order valence-electron chi connectivity index (χ4n) is 9.60. The van der Waals surface area contributed by atoms with E-state index >= 15 is 4.39 Å². The number of thioether (sulfide) groups is 1. The van der Waals surface area contributed by atoms with Gasteiger partial charge in [0.25, 0.3) is 5.91 Å². The maximum atomic E-state index is 15.2. The highest BCUT2D eigenvalue weighted by atomic mass is 35.5. The minimum absolute atomic E-state index is 0.0509. The highest BCUT2D eigenvalue weighted by Crippen LogP contribution is 2.42. The number of alkyl halides is 1. The zero-order chi connectivity index (χ0) is 48.9. The van der Waals surface area contributed by atoms with E-state index < -0.39 is 40.4 Å². The van der Waals surface area contributed by atoms with Gasteiger partial charge in [-0.25, -0.2) is 14.4 Å². The average molecular weight is 1010 g/mol. The van der Waals surface area contributed by atoms with Gasteiger partial charge in [0.05, 0.1) is 41.2 Å². The summed E-state index contributed by atoms with van der Waals surface area (Å²) >= 11 is 9.34. The zero-order valence-corrected chi connectivity index (χ0v) is 42.5. The maximum Gasteiger partial charge on any atom is 0.258 e. The number of nitrogens with one attached hydrogen (secondary N) is 4. The quantitative estimate of drug-likeness (QED) is 0.0615. The van der Waals surface area contributed by atoms with E-state index in [-0.39, 0.29) is 44.4 Å². The molecule has 4 aliphatic rings. The number of aliphatic hydroxyl groups is 1. The molecule has 3 amide bonds. The Morgan fingerprint density at radius 2 is 1.77 bits per heavy atom. The Morgan fingerprint density at radius 1 is 1.04 bits per heavy atom. The third-order valence-electron chi connectivity index (χ3n) is 14.0. The molecule has 5 N–H and O–H groups in total. The first-order valence-electron chi connectivity index (χ1n) is 24.0. The van der Waals surface area contributed by atoms with Gasteiger partial charge in [-0.2, -0.15) is 16.7 Å². The summed E-state index contributed by atoms with van der Waals surface area (Å²) in [7, 11) is 3.36. The number of likely N-dealkylation sites (tertiary alicyclic amines) is 2. The van der Waals surface area contributed by atoms with Crippen LogP contribution in [0.5, 0.6) is 11.5 Å². The van der Waals surface area contributed by atoms with Crippen LogP contribution in [0.1, 0.15) is 82.9 Å². The Hall–Kier alpha value is -4.75. The highest BCUT2D eigenvalue weighted by Gasteiger charge is 2.54. The first-order valence-corrected chi connectivity index (χ1v) is 26.3. The number of benzene rings is 2. The lowest BCUT2D eigenvalue weighted by Crippen LogP contribution is -2.61. The minimum Gasteiger partial charge on any atom is -0.494 e. The molecule has 2 aliphatic carbocycles. The Labute approximate surface area is 417 Å². The molecule has 2 aromatic carbocycles.